The van der Waals surface area contributed by atoms with Gasteiger partial charge < -0.3 is 29.3 Å². The molecule has 0 radical (unpaired) electrons. The second-order valence-corrected chi connectivity index (χ2v) is 7.18. The fourth-order valence-electron chi connectivity index (χ4n) is 2.48. The predicted molar refractivity (Wildman–Crippen MR) is 123 cm³/mol. The van der Waals surface area contributed by atoms with Gasteiger partial charge in [-0.1, -0.05) is 78.1 Å². The third-order valence-corrected chi connectivity index (χ3v) is 4.20. The van der Waals surface area contributed by atoms with E-state index in [0.717, 1.165) is 50.7 Å². The Morgan fingerprint density at radius 2 is 0.848 bits per heavy atom. The molecule has 0 saturated heterocycles. The molecule has 0 aromatic rings. The predicted octanol–water partition coefficient (Wildman–Crippen LogP) is 2.01. The van der Waals surface area contributed by atoms with Gasteiger partial charge in [0.2, 0.25) is 0 Å². The molecule has 0 heterocycles. The molecule has 0 N–H and O–H groups in total. The smallest absolute Gasteiger partial charge is 0.545 e. The van der Waals surface area contributed by atoms with Crippen LogP contribution < -0.4 is 10.2 Å². The number of hydrogen-bond acceptors (Lipinski definition) is 8. The zero-order valence-corrected chi connectivity index (χ0v) is 22.4. The number of carbonyl (C=O) groups is 4. The van der Waals surface area contributed by atoms with E-state index in [9.17, 15) is 29.4 Å². The topological polar surface area (TPSA) is 133 Å². The summed E-state index contributed by atoms with van der Waals surface area (Å²) in [6, 6.07) is 0. The Balaban J connectivity index is -0.000000529. The number of unbranched alkanes of at least 4 members (excludes halogenated alkanes) is 10. The molecule has 9 heteroatoms. The first-order valence-corrected chi connectivity index (χ1v) is 11.4. The van der Waals surface area contributed by atoms with Gasteiger partial charge in [0.25, 0.3) is 0 Å². The van der Waals surface area contributed by atoms with Crippen molar-refractivity contribution in [2.24, 2.45) is 0 Å². The Kier molecular flexibility index (Phi) is 31.4. The van der Waals surface area contributed by atoms with Crippen molar-refractivity contribution in [3.8, 4) is 0 Å². The van der Waals surface area contributed by atoms with Crippen molar-refractivity contribution in [1.29, 1.82) is 0 Å². The third-order valence-electron chi connectivity index (χ3n) is 4.20. The summed E-state index contributed by atoms with van der Waals surface area (Å²) in [5, 5.41) is 19.9. The maximum atomic E-state index is 10.9. The van der Waals surface area contributed by atoms with Gasteiger partial charge in [-0.15, -0.1) is 0 Å². The van der Waals surface area contributed by atoms with Crippen LogP contribution in [0.15, 0.2) is 24.3 Å². The van der Waals surface area contributed by atoms with Gasteiger partial charge in [0.15, 0.2) is 0 Å². The number of carboxylic acid groups (broad SMARTS) is 2. The third kappa shape index (κ3) is 35.4. The average molecular weight is 495 g/mol. The molecule has 0 saturated carbocycles. The molecule has 184 valence electrons. The van der Waals surface area contributed by atoms with E-state index in [0.29, 0.717) is 25.4 Å². The normalized spacial score (nSPS) is 10.2. The molecule has 0 spiro atoms. The van der Waals surface area contributed by atoms with Gasteiger partial charge >= 0.3 is 49.7 Å². The molecule has 0 aromatic heterocycles. The van der Waals surface area contributed by atoms with Gasteiger partial charge in [-0.25, -0.2) is 9.59 Å². The van der Waals surface area contributed by atoms with E-state index in [2.05, 4.69) is 13.8 Å². The summed E-state index contributed by atoms with van der Waals surface area (Å²) < 4.78 is 9.56. The number of hydrogen-bond donors (Lipinski definition) is 0. The van der Waals surface area contributed by atoms with Crippen LogP contribution in [0.4, 0.5) is 0 Å². The van der Waals surface area contributed by atoms with Crippen LogP contribution in [0.2, 0.25) is 0 Å². The molecule has 0 unspecified atom stereocenters. The zero-order valence-electron chi connectivity index (χ0n) is 20.2. The number of ether oxygens (including phenoxy) is 2. The summed E-state index contributed by atoms with van der Waals surface area (Å²) in [5.74, 6) is -4.04. The van der Waals surface area contributed by atoms with Crippen LogP contribution in [0.3, 0.4) is 0 Å². The van der Waals surface area contributed by atoms with Crippen molar-refractivity contribution in [3.05, 3.63) is 24.3 Å². The largest absolute Gasteiger partial charge is 2.00 e. The van der Waals surface area contributed by atoms with E-state index in [1.807, 2.05) is 0 Å². The SMILES string of the molecule is CCCCCCCCOC(=O)C=CC(=O)[O-].CCCCCCCCOC(=O)C=CC(=O)[O-].[Ca+2]. The van der Waals surface area contributed by atoms with Crippen molar-refractivity contribution in [2.45, 2.75) is 90.9 Å². The van der Waals surface area contributed by atoms with Crippen molar-refractivity contribution >= 4 is 61.6 Å². The van der Waals surface area contributed by atoms with Gasteiger partial charge in [0.05, 0.1) is 25.2 Å². The van der Waals surface area contributed by atoms with Crippen molar-refractivity contribution in [3.63, 3.8) is 0 Å². The summed E-state index contributed by atoms with van der Waals surface area (Å²) >= 11 is 0. The molecule has 0 aliphatic rings. The molecular formula is C24H38CaO8. The summed E-state index contributed by atoms with van der Waals surface area (Å²) in [7, 11) is 0. The molecule has 0 aliphatic heterocycles. The minimum Gasteiger partial charge on any atom is -0.545 e. The molecule has 0 atom stereocenters. The summed E-state index contributed by atoms with van der Waals surface area (Å²) in [5.41, 5.74) is 0. The first-order valence-electron chi connectivity index (χ1n) is 11.4. The molecule has 33 heavy (non-hydrogen) atoms. The average Bonchev–Trinajstić information content (AvgIpc) is 2.75. The standard InChI is InChI=1S/2C12H20O4.Ca/c2*1-2-3-4-5-6-7-10-16-12(15)9-8-11(13)14;/h2*8-9H,2-7,10H2,1H3,(H,13,14);/q;;+2/p-2. The first-order chi connectivity index (χ1) is 15.3. The molecule has 0 aromatic carbocycles. The van der Waals surface area contributed by atoms with Gasteiger partial charge in [-0.2, -0.15) is 0 Å². The Labute approximate surface area is 227 Å². The Hall–Kier alpha value is -1.38. The van der Waals surface area contributed by atoms with Gasteiger partial charge in [0, 0.05) is 12.2 Å². The van der Waals surface area contributed by atoms with E-state index in [4.69, 9.17) is 9.47 Å². The monoisotopic (exact) mass is 494 g/mol. The molecule has 0 fully saturated rings. The van der Waals surface area contributed by atoms with Crippen molar-refractivity contribution in [1.82, 2.24) is 0 Å². The number of rotatable bonds is 18. The molecule has 8 nitrogen and oxygen atoms in total. The van der Waals surface area contributed by atoms with Gasteiger partial charge in [-0.3, -0.25) is 0 Å². The second-order valence-electron chi connectivity index (χ2n) is 7.18. The van der Waals surface area contributed by atoms with Crippen molar-refractivity contribution in [2.75, 3.05) is 13.2 Å². The Morgan fingerprint density at radius 1 is 0.545 bits per heavy atom. The fourth-order valence-corrected chi connectivity index (χ4v) is 2.48. The Morgan fingerprint density at radius 3 is 1.15 bits per heavy atom. The number of aliphatic carboxylic acids is 2. The van der Waals surface area contributed by atoms with E-state index in [1.165, 1.54) is 38.5 Å². The molecular weight excluding hydrogens is 456 g/mol. The maximum absolute atomic E-state index is 10.9. The van der Waals surface area contributed by atoms with Crippen LogP contribution in [0, 0.1) is 0 Å². The fraction of sp³-hybridized carbons (Fsp3) is 0.667. The zero-order chi connectivity index (χ0) is 24.5. The van der Waals surface area contributed by atoms with E-state index >= 15 is 0 Å². The minimum absolute atomic E-state index is 0. The van der Waals surface area contributed by atoms with Crippen molar-refractivity contribution < 1.29 is 38.9 Å². The molecule has 0 amide bonds. The summed E-state index contributed by atoms with van der Waals surface area (Å²) in [6.45, 7) is 5.02. The molecule has 0 rings (SSSR count). The van der Waals surface area contributed by atoms with E-state index < -0.39 is 23.9 Å². The summed E-state index contributed by atoms with van der Waals surface area (Å²) in [4.78, 5) is 41.7. The minimum atomic E-state index is -1.39. The van der Waals surface area contributed by atoms with Crippen LogP contribution in [0.25, 0.3) is 0 Å². The van der Waals surface area contributed by atoms with Crippen LogP contribution in [0.1, 0.15) is 90.9 Å². The van der Waals surface area contributed by atoms with Crippen LogP contribution in [-0.2, 0) is 28.7 Å². The second kappa shape index (κ2) is 28.7. The molecule has 0 bridgehead atoms. The summed E-state index contributed by atoms with van der Waals surface area (Å²) in [6.07, 6.45) is 16.5. The number of carbonyl (C=O) groups excluding carboxylic acids is 4. The van der Waals surface area contributed by atoms with Gasteiger partial charge in [-0.05, 0) is 25.0 Å². The van der Waals surface area contributed by atoms with E-state index in [1.54, 1.807) is 0 Å². The van der Waals surface area contributed by atoms with Crippen LogP contribution >= 0.6 is 0 Å². The quantitative estimate of drug-likeness (QED) is 0.122. The Bertz CT molecular complexity index is 523. The maximum Gasteiger partial charge on any atom is 2.00 e. The van der Waals surface area contributed by atoms with E-state index in [-0.39, 0.29) is 37.7 Å². The molecule has 0 aliphatic carbocycles. The van der Waals surface area contributed by atoms with Gasteiger partial charge in [0.1, 0.15) is 0 Å². The number of carboxylic acids is 2. The van der Waals surface area contributed by atoms with Crippen LogP contribution in [0.5, 0.6) is 0 Å². The van der Waals surface area contributed by atoms with Crippen LogP contribution in [-0.4, -0.2) is 74.8 Å². The first kappa shape index (κ1) is 36.2. The number of esters is 2.